The molecule has 0 aromatic heterocycles. The Balaban J connectivity index is 0. The Morgan fingerprint density at radius 3 is 1.73 bits per heavy atom. The topological polar surface area (TPSA) is 0 Å². The molecule has 0 spiro atoms. The molecule has 1 heteroatoms. The van der Waals surface area contributed by atoms with Crippen molar-refractivity contribution < 1.29 is 0 Å². The number of allylic oxidation sites excluding steroid dienone is 1. The minimum Gasteiger partial charge on any atom is -0.245 e. The van der Waals surface area contributed by atoms with Gasteiger partial charge >= 0.3 is 23.1 Å². The smallest absolute Gasteiger partial charge is 0.245 e. The zero-order chi connectivity index (χ0) is 7.82. The van der Waals surface area contributed by atoms with Crippen LogP contribution < -0.4 is 0 Å². The number of benzene rings is 1. The fourth-order valence-electron chi connectivity index (χ4n) is 0.478. The van der Waals surface area contributed by atoms with E-state index in [1.165, 1.54) is 6.08 Å². The minimum absolute atomic E-state index is 0. The molecule has 0 nitrogen and oxygen atoms in total. The van der Waals surface area contributed by atoms with Crippen molar-refractivity contribution in [2.75, 3.05) is 0 Å². The molecule has 11 heavy (non-hydrogen) atoms. The van der Waals surface area contributed by atoms with Crippen LogP contribution in [-0.4, -0.2) is 23.1 Å². The van der Waals surface area contributed by atoms with E-state index in [4.69, 9.17) is 0 Å². The first kappa shape index (κ1) is 13.1. The number of rotatable bonds is 0. The van der Waals surface area contributed by atoms with Crippen LogP contribution in [0.5, 0.6) is 0 Å². The molecule has 0 N–H and O–H groups in total. The number of hydrogen-bond acceptors (Lipinski definition) is 0. The van der Waals surface area contributed by atoms with Crippen molar-refractivity contribution in [1.29, 1.82) is 0 Å². The van der Waals surface area contributed by atoms with E-state index < -0.39 is 0 Å². The van der Waals surface area contributed by atoms with E-state index in [-0.39, 0.29) is 23.1 Å². The average molecular weight is 157 g/mol. The van der Waals surface area contributed by atoms with E-state index in [0.29, 0.717) is 0 Å². The maximum atomic E-state index is 3.72. The zero-order valence-corrected chi connectivity index (χ0v) is 8.21. The molecule has 0 bridgehead atoms. The average Bonchev–Trinajstić information content (AvgIpc) is 1.91. The fourth-order valence-corrected chi connectivity index (χ4v) is 0.478. The maximum absolute atomic E-state index is 3.72. The fraction of sp³-hybridized carbons (Fsp3) is 0. The third-order valence-corrected chi connectivity index (χ3v) is 0.843. The quantitative estimate of drug-likeness (QED) is 0.400. The summed E-state index contributed by atoms with van der Waals surface area (Å²) in [6.07, 6.45) is 1.50. The first-order valence-corrected chi connectivity index (χ1v) is 3.08. The van der Waals surface area contributed by atoms with E-state index in [1.54, 1.807) is 0 Å². The van der Waals surface area contributed by atoms with Gasteiger partial charge in [-0.2, -0.15) is 24.6 Å². The molecule has 0 aliphatic rings. The molecule has 1 aromatic rings. The Bertz CT molecular complexity index is 167. The van der Waals surface area contributed by atoms with Crippen LogP contribution in [0.1, 0.15) is 5.56 Å². The SMILES string of the molecule is C=C[CH2-].[CH2-]c1ccccc1.[Mg+2]. The normalized spacial score (nSPS) is 6.55. The summed E-state index contributed by atoms with van der Waals surface area (Å²) in [5.41, 5.74) is 1.07. The summed E-state index contributed by atoms with van der Waals surface area (Å²) >= 11 is 0. The van der Waals surface area contributed by atoms with Crippen molar-refractivity contribution in [3.8, 4) is 0 Å². The minimum atomic E-state index is 0. The Hall–Kier alpha value is -0.534. The molecular weight excluding hydrogens is 144 g/mol. The Morgan fingerprint density at radius 2 is 1.55 bits per heavy atom. The van der Waals surface area contributed by atoms with Crippen LogP contribution in [-0.2, 0) is 0 Å². The predicted molar refractivity (Wildman–Crippen MR) is 52.2 cm³/mol. The van der Waals surface area contributed by atoms with E-state index in [2.05, 4.69) is 20.4 Å². The molecule has 1 rings (SSSR count). The third-order valence-electron chi connectivity index (χ3n) is 0.843. The summed E-state index contributed by atoms with van der Waals surface area (Å²) in [5, 5.41) is 0. The van der Waals surface area contributed by atoms with E-state index in [0.717, 1.165) is 5.56 Å². The van der Waals surface area contributed by atoms with Crippen LogP contribution in [0.3, 0.4) is 0 Å². The van der Waals surface area contributed by atoms with Crippen LogP contribution in [0.25, 0.3) is 0 Å². The summed E-state index contributed by atoms with van der Waals surface area (Å²) in [4.78, 5) is 0. The van der Waals surface area contributed by atoms with Gasteiger partial charge in [-0.05, 0) is 0 Å². The molecule has 0 atom stereocenters. The second-order valence-electron chi connectivity index (χ2n) is 1.77. The Kier molecular flexibility index (Phi) is 11.3. The van der Waals surface area contributed by atoms with Crippen molar-refractivity contribution >= 4 is 23.1 Å². The van der Waals surface area contributed by atoms with E-state index in [9.17, 15) is 0 Å². The molecule has 0 radical (unpaired) electrons. The van der Waals surface area contributed by atoms with Crippen molar-refractivity contribution in [2.45, 2.75) is 0 Å². The first-order chi connectivity index (χ1) is 4.81. The zero-order valence-electron chi connectivity index (χ0n) is 6.79. The molecule has 0 unspecified atom stereocenters. The van der Waals surface area contributed by atoms with Crippen LogP contribution in [0.2, 0.25) is 0 Å². The molecule has 0 saturated carbocycles. The summed E-state index contributed by atoms with van der Waals surface area (Å²) in [7, 11) is 0. The van der Waals surface area contributed by atoms with Crippen LogP contribution in [0, 0.1) is 13.8 Å². The second-order valence-corrected chi connectivity index (χ2v) is 1.77. The number of hydrogen-bond donors (Lipinski definition) is 0. The van der Waals surface area contributed by atoms with Gasteiger partial charge in [0.05, 0.1) is 0 Å². The van der Waals surface area contributed by atoms with Crippen molar-refractivity contribution in [3.63, 3.8) is 0 Å². The van der Waals surface area contributed by atoms with Gasteiger partial charge in [-0.25, -0.2) is 19.6 Å². The second kappa shape index (κ2) is 9.47. The molecule has 0 amide bonds. The molecular formula is C10H12Mg. The van der Waals surface area contributed by atoms with Crippen molar-refractivity contribution in [1.82, 2.24) is 0 Å². The van der Waals surface area contributed by atoms with Gasteiger partial charge < -0.3 is 0 Å². The Morgan fingerprint density at radius 1 is 1.18 bits per heavy atom. The van der Waals surface area contributed by atoms with Crippen LogP contribution in [0.15, 0.2) is 43.0 Å². The molecule has 54 valence electrons. The van der Waals surface area contributed by atoms with Gasteiger partial charge in [-0.15, -0.1) is 12.1 Å². The van der Waals surface area contributed by atoms with Gasteiger partial charge in [0.25, 0.3) is 0 Å². The predicted octanol–water partition coefficient (Wildman–Crippen LogP) is 2.49. The Labute approximate surface area is 85.5 Å². The monoisotopic (exact) mass is 156 g/mol. The largest absolute Gasteiger partial charge is 2.00 e. The molecule has 0 saturated heterocycles. The summed E-state index contributed by atoms with van der Waals surface area (Å²) in [5.74, 6) is 0. The van der Waals surface area contributed by atoms with E-state index in [1.807, 2.05) is 30.3 Å². The maximum Gasteiger partial charge on any atom is 2.00 e. The van der Waals surface area contributed by atoms with Gasteiger partial charge in [0.2, 0.25) is 0 Å². The molecule has 0 aliphatic heterocycles. The van der Waals surface area contributed by atoms with Crippen LogP contribution in [0.4, 0.5) is 0 Å². The van der Waals surface area contributed by atoms with Gasteiger partial charge in [-0.3, -0.25) is 0 Å². The first-order valence-electron chi connectivity index (χ1n) is 3.08. The third kappa shape index (κ3) is 9.47. The molecule has 0 heterocycles. The summed E-state index contributed by atoms with van der Waals surface area (Å²) < 4.78 is 0. The summed E-state index contributed by atoms with van der Waals surface area (Å²) in [6, 6.07) is 9.87. The van der Waals surface area contributed by atoms with Gasteiger partial charge in [0, 0.05) is 0 Å². The van der Waals surface area contributed by atoms with Crippen molar-refractivity contribution in [3.05, 3.63) is 62.4 Å². The molecule has 1 aromatic carbocycles. The molecule has 0 fully saturated rings. The van der Waals surface area contributed by atoms with Crippen LogP contribution >= 0.6 is 0 Å². The van der Waals surface area contributed by atoms with Gasteiger partial charge in [0.1, 0.15) is 0 Å². The van der Waals surface area contributed by atoms with E-state index >= 15 is 0 Å². The molecule has 0 aliphatic carbocycles. The standard InChI is InChI=1S/C7H7.C3H5.Mg/c1-7-5-3-2-4-6-7;1-3-2;/h2-6H,1H2;3H,1-2H2;/q2*-1;+2. The van der Waals surface area contributed by atoms with Gasteiger partial charge in [-0.1, -0.05) is 6.07 Å². The van der Waals surface area contributed by atoms with Gasteiger partial charge in [0.15, 0.2) is 0 Å². The van der Waals surface area contributed by atoms with Crippen molar-refractivity contribution in [2.24, 2.45) is 0 Å². The summed E-state index contributed by atoms with van der Waals surface area (Å²) in [6.45, 7) is 10.2.